The lowest BCUT2D eigenvalue weighted by Crippen LogP contribution is -2.23. The maximum Gasteiger partial charge on any atom is 0.278 e. The first-order chi connectivity index (χ1) is 10.1. The number of para-hydroxylation sites is 1. The number of hydrogen-bond acceptors (Lipinski definition) is 3. The lowest BCUT2D eigenvalue weighted by Gasteiger charge is -2.11. The van der Waals surface area contributed by atoms with Gasteiger partial charge in [-0.15, -0.1) is 6.58 Å². The third-order valence-electron chi connectivity index (χ3n) is 3.23. The Morgan fingerprint density at radius 2 is 2.19 bits per heavy atom. The van der Waals surface area contributed by atoms with Crippen molar-refractivity contribution in [3.8, 4) is 0 Å². The molecule has 0 atom stereocenters. The predicted molar refractivity (Wildman–Crippen MR) is 89.0 cm³/mol. The van der Waals surface area contributed by atoms with Crippen LogP contribution in [0.25, 0.3) is 21.9 Å². The van der Waals surface area contributed by atoms with Crippen LogP contribution in [0.1, 0.15) is 13.8 Å². The molecule has 3 rings (SSSR count). The third kappa shape index (κ3) is 2.38. The van der Waals surface area contributed by atoms with Gasteiger partial charge < -0.3 is 4.98 Å². The number of thioether (sulfide) groups is 1. The molecule has 2 aromatic heterocycles. The number of hydrogen-bond donors (Lipinski definition) is 1. The Labute approximate surface area is 126 Å². The molecule has 108 valence electrons. The van der Waals surface area contributed by atoms with Crippen molar-refractivity contribution in [2.24, 2.45) is 0 Å². The van der Waals surface area contributed by atoms with E-state index in [4.69, 9.17) is 4.98 Å². The van der Waals surface area contributed by atoms with E-state index in [1.165, 1.54) is 0 Å². The number of rotatable bonds is 4. The average Bonchev–Trinajstić information content (AvgIpc) is 2.82. The van der Waals surface area contributed by atoms with Gasteiger partial charge in [-0.3, -0.25) is 9.36 Å². The van der Waals surface area contributed by atoms with Gasteiger partial charge in [-0.1, -0.05) is 49.9 Å². The van der Waals surface area contributed by atoms with Crippen molar-refractivity contribution in [2.45, 2.75) is 30.8 Å². The number of aromatic nitrogens is 3. The van der Waals surface area contributed by atoms with Crippen LogP contribution in [0.5, 0.6) is 0 Å². The molecule has 0 radical (unpaired) electrons. The summed E-state index contributed by atoms with van der Waals surface area (Å²) in [6, 6.07) is 7.86. The summed E-state index contributed by atoms with van der Waals surface area (Å²) in [5, 5.41) is 2.09. The maximum atomic E-state index is 12.7. The second kappa shape index (κ2) is 5.41. The molecule has 1 aromatic carbocycles. The van der Waals surface area contributed by atoms with Crippen molar-refractivity contribution < 1.29 is 0 Å². The van der Waals surface area contributed by atoms with E-state index in [2.05, 4.69) is 25.4 Å². The largest absolute Gasteiger partial charge is 0.349 e. The zero-order valence-corrected chi connectivity index (χ0v) is 12.9. The number of fused-ring (bicyclic) bond motifs is 3. The summed E-state index contributed by atoms with van der Waals surface area (Å²) in [7, 11) is 0. The molecule has 0 fully saturated rings. The summed E-state index contributed by atoms with van der Waals surface area (Å²) in [5.41, 5.74) is 2.21. The molecule has 4 nitrogen and oxygen atoms in total. The second-order valence-corrected chi connectivity index (χ2v) is 6.70. The zero-order valence-electron chi connectivity index (χ0n) is 12.1. The van der Waals surface area contributed by atoms with Gasteiger partial charge in [-0.25, -0.2) is 4.98 Å². The average molecular weight is 299 g/mol. The topological polar surface area (TPSA) is 50.7 Å². The van der Waals surface area contributed by atoms with Crippen LogP contribution in [0, 0.1) is 0 Å². The molecule has 0 amide bonds. The molecule has 2 heterocycles. The molecule has 3 aromatic rings. The lowest BCUT2D eigenvalue weighted by molar-refractivity contribution is 0.669. The van der Waals surface area contributed by atoms with E-state index in [0.29, 0.717) is 17.3 Å². The van der Waals surface area contributed by atoms with E-state index in [0.717, 1.165) is 21.6 Å². The van der Waals surface area contributed by atoms with Gasteiger partial charge in [0.05, 0.1) is 0 Å². The Hall–Kier alpha value is -2.01. The first-order valence-corrected chi connectivity index (χ1v) is 7.78. The van der Waals surface area contributed by atoms with Crippen molar-refractivity contribution in [2.75, 3.05) is 0 Å². The van der Waals surface area contributed by atoms with Crippen molar-refractivity contribution in [1.29, 1.82) is 0 Å². The minimum atomic E-state index is -0.0424. The first-order valence-electron chi connectivity index (χ1n) is 6.90. The standard InChI is InChI=1S/C16H17N3OS/c1-4-9-19-15(20)14-13(18-16(19)21-10(2)3)11-7-5-6-8-12(11)17-14/h4-8,10,17H,1,9H2,2-3H3. The number of nitrogens with one attached hydrogen (secondary N) is 1. The number of benzene rings is 1. The van der Waals surface area contributed by atoms with E-state index in [-0.39, 0.29) is 5.56 Å². The van der Waals surface area contributed by atoms with Crippen molar-refractivity contribution in [3.05, 3.63) is 47.3 Å². The van der Waals surface area contributed by atoms with Crippen molar-refractivity contribution >= 4 is 33.7 Å². The quantitative estimate of drug-likeness (QED) is 0.455. The molecule has 1 N–H and O–H groups in total. The number of aromatic amines is 1. The molecule has 0 aliphatic carbocycles. The van der Waals surface area contributed by atoms with Gasteiger partial charge in [0.15, 0.2) is 5.16 Å². The predicted octanol–water partition coefficient (Wildman–Crippen LogP) is 3.56. The van der Waals surface area contributed by atoms with Crippen LogP contribution in [0.4, 0.5) is 0 Å². The van der Waals surface area contributed by atoms with Crippen LogP contribution < -0.4 is 5.56 Å². The molecule has 0 unspecified atom stereocenters. The summed E-state index contributed by atoms with van der Waals surface area (Å²) >= 11 is 1.60. The van der Waals surface area contributed by atoms with Gasteiger partial charge in [0.2, 0.25) is 0 Å². The molecule has 0 aliphatic rings. The highest BCUT2D eigenvalue weighted by Crippen LogP contribution is 2.26. The summed E-state index contributed by atoms with van der Waals surface area (Å²) < 4.78 is 1.68. The molecule has 0 bridgehead atoms. The minimum absolute atomic E-state index is 0.0424. The van der Waals surface area contributed by atoms with Gasteiger partial charge in [0, 0.05) is 22.7 Å². The molecular formula is C16H17N3OS. The Morgan fingerprint density at radius 3 is 2.90 bits per heavy atom. The first kappa shape index (κ1) is 13.9. The lowest BCUT2D eigenvalue weighted by atomic mass is 10.2. The fourth-order valence-electron chi connectivity index (χ4n) is 2.37. The Bertz CT molecular complexity index is 876. The Balaban J connectivity index is 2.38. The molecular weight excluding hydrogens is 282 g/mol. The zero-order chi connectivity index (χ0) is 15.0. The third-order valence-corrected chi connectivity index (χ3v) is 4.22. The van der Waals surface area contributed by atoms with E-state index in [1.54, 1.807) is 22.4 Å². The van der Waals surface area contributed by atoms with E-state index >= 15 is 0 Å². The summed E-state index contributed by atoms with van der Waals surface area (Å²) in [4.78, 5) is 20.6. The van der Waals surface area contributed by atoms with E-state index in [1.807, 2.05) is 24.3 Å². The highest BCUT2D eigenvalue weighted by Gasteiger charge is 2.15. The fourth-order valence-corrected chi connectivity index (χ4v) is 3.22. The highest BCUT2D eigenvalue weighted by atomic mass is 32.2. The second-order valence-electron chi connectivity index (χ2n) is 5.16. The van der Waals surface area contributed by atoms with Crippen LogP contribution in [0.3, 0.4) is 0 Å². The highest BCUT2D eigenvalue weighted by molar-refractivity contribution is 7.99. The van der Waals surface area contributed by atoms with Gasteiger partial charge in [0.1, 0.15) is 11.0 Å². The number of allylic oxidation sites excluding steroid dienone is 1. The van der Waals surface area contributed by atoms with Crippen LogP contribution in [-0.2, 0) is 6.54 Å². The summed E-state index contributed by atoms with van der Waals surface area (Å²) in [5.74, 6) is 0. The van der Waals surface area contributed by atoms with Crippen LogP contribution in [0.2, 0.25) is 0 Å². The normalized spacial score (nSPS) is 11.6. The van der Waals surface area contributed by atoms with Gasteiger partial charge >= 0.3 is 0 Å². The summed E-state index contributed by atoms with van der Waals surface area (Å²) in [6.07, 6.45) is 1.72. The van der Waals surface area contributed by atoms with Crippen molar-refractivity contribution in [3.63, 3.8) is 0 Å². The van der Waals surface area contributed by atoms with E-state index in [9.17, 15) is 4.79 Å². The SMILES string of the molecule is C=CCn1c(SC(C)C)nc2c([nH]c3ccccc32)c1=O. The number of nitrogens with zero attached hydrogens (tertiary/aromatic N) is 2. The Morgan fingerprint density at radius 1 is 1.43 bits per heavy atom. The minimum Gasteiger partial charge on any atom is -0.349 e. The maximum absolute atomic E-state index is 12.7. The van der Waals surface area contributed by atoms with Crippen LogP contribution in [-0.4, -0.2) is 19.8 Å². The fraction of sp³-hybridized carbons (Fsp3) is 0.250. The van der Waals surface area contributed by atoms with Crippen molar-refractivity contribution in [1.82, 2.24) is 14.5 Å². The molecule has 0 aliphatic heterocycles. The Kier molecular flexibility index (Phi) is 3.59. The number of H-pyrrole nitrogens is 1. The molecule has 21 heavy (non-hydrogen) atoms. The molecule has 0 saturated carbocycles. The monoisotopic (exact) mass is 299 g/mol. The van der Waals surface area contributed by atoms with E-state index < -0.39 is 0 Å². The molecule has 5 heteroatoms. The van der Waals surface area contributed by atoms with Crippen LogP contribution >= 0.6 is 11.8 Å². The van der Waals surface area contributed by atoms with Crippen LogP contribution in [0.15, 0.2) is 46.9 Å². The van der Waals surface area contributed by atoms with Gasteiger partial charge in [-0.2, -0.15) is 0 Å². The molecule has 0 saturated heterocycles. The molecule has 0 spiro atoms. The smallest absolute Gasteiger partial charge is 0.278 e. The summed E-state index contributed by atoms with van der Waals surface area (Å²) in [6.45, 7) is 8.38. The van der Waals surface area contributed by atoms with Gasteiger partial charge in [0.25, 0.3) is 5.56 Å². The van der Waals surface area contributed by atoms with Gasteiger partial charge in [-0.05, 0) is 6.07 Å².